The average Bonchev–Trinajstić information content (AvgIpc) is 2.73. The Morgan fingerprint density at radius 1 is 1.59 bits per heavy atom. The summed E-state index contributed by atoms with van der Waals surface area (Å²) in [5.41, 5.74) is 7.87. The van der Waals surface area contributed by atoms with E-state index in [1.54, 1.807) is 0 Å². The van der Waals surface area contributed by atoms with E-state index >= 15 is 0 Å². The minimum Gasteiger partial charge on any atom is -0.398 e. The van der Waals surface area contributed by atoms with Crippen LogP contribution < -0.4 is 5.73 Å². The maximum absolute atomic E-state index is 9.58. The molecular weight excluding hydrogens is 280 g/mol. The second-order valence-electron chi connectivity index (χ2n) is 4.84. The van der Waals surface area contributed by atoms with Crippen molar-refractivity contribution in [2.75, 3.05) is 18.8 Å². The van der Waals surface area contributed by atoms with Crippen molar-refractivity contribution in [3.63, 3.8) is 0 Å². The number of likely N-dealkylation sites (tertiary alicyclic amines) is 1. The lowest BCUT2D eigenvalue weighted by molar-refractivity contribution is 0.127. The zero-order valence-corrected chi connectivity index (χ0v) is 11.7. The van der Waals surface area contributed by atoms with Gasteiger partial charge in [0.1, 0.15) is 0 Å². The number of anilines is 1. The number of rotatable bonds is 3. The molecule has 1 fully saturated rings. The van der Waals surface area contributed by atoms with Gasteiger partial charge in [-0.1, -0.05) is 12.1 Å². The predicted octanol–water partition coefficient (Wildman–Crippen LogP) is 2.23. The van der Waals surface area contributed by atoms with Gasteiger partial charge < -0.3 is 10.8 Å². The lowest BCUT2D eigenvalue weighted by Gasteiger charge is -2.18. The van der Waals surface area contributed by atoms with E-state index in [0.29, 0.717) is 5.92 Å². The molecule has 4 heteroatoms. The van der Waals surface area contributed by atoms with Gasteiger partial charge in [-0.2, -0.15) is 0 Å². The van der Waals surface area contributed by atoms with Crippen molar-refractivity contribution in [2.24, 2.45) is 5.92 Å². The van der Waals surface area contributed by atoms with E-state index in [2.05, 4.69) is 26.9 Å². The van der Waals surface area contributed by atoms with Crippen molar-refractivity contribution >= 4 is 21.6 Å². The largest absolute Gasteiger partial charge is 0.398 e. The minimum atomic E-state index is -0.204. The van der Waals surface area contributed by atoms with Gasteiger partial charge in [0.25, 0.3) is 0 Å². The highest BCUT2D eigenvalue weighted by atomic mass is 79.9. The molecule has 2 atom stereocenters. The molecule has 1 saturated heterocycles. The molecule has 0 bridgehead atoms. The Morgan fingerprint density at radius 3 is 3.00 bits per heavy atom. The third-order valence-corrected chi connectivity index (χ3v) is 4.46. The van der Waals surface area contributed by atoms with Crippen LogP contribution in [0.4, 0.5) is 5.69 Å². The molecule has 0 radical (unpaired) electrons. The van der Waals surface area contributed by atoms with Gasteiger partial charge in [0.15, 0.2) is 0 Å². The van der Waals surface area contributed by atoms with Crippen LogP contribution in [-0.4, -0.2) is 29.2 Å². The first-order valence-corrected chi connectivity index (χ1v) is 6.80. The fourth-order valence-electron chi connectivity index (χ4n) is 2.36. The van der Waals surface area contributed by atoms with Crippen LogP contribution in [-0.2, 0) is 6.54 Å². The zero-order chi connectivity index (χ0) is 12.4. The van der Waals surface area contributed by atoms with Crippen molar-refractivity contribution in [2.45, 2.75) is 26.0 Å². The molecule has 0 amide bonds. The van der Waals surface area contributed by atoms with E-state index in [-0.39, 0.29) is 6.10 Å². The molecule has 2 unspecified atom stereocenters. The smallest absolute Gasteiger partial charge is 0.0552 e. The molecule has 2 rings (SSSR count). The second-order valence-corrected chi connectivity index (χ2v) is 5.64. The van der Waals surface area contributed by atoms with Crippen molar-refractivity contribution in [3.8, 4) is 0 Å². The molecule has 17 heavy (non-hydrogen) atoms. The van der Waals surface area contributed by atoms with Crippen LogP contribution in [0, 0.1) is 5.92 Å². The van der Waals surface area contributed by atoms with Crippen molar-refractivity contribution in [3.05, 3.63) is 28.2 Å². The third-order valence-electron chi connectivity index (χ3n) is 3.49. The minimum absolute atomic E-state index is 0.204. The summed E-state index contributed by atoms with van der Waals surface area (Å²) in [4.78, 5) is 2.37. The Labute approximate surface area is 111 Å². The van der Waals surface area contributed by atoms with Gasteiger partial charge >= 0.3 is 0 Å². The number of nitrogen functional groups attached to an aromatic ring is 1. The lowest BCUT2D eigenvalue weighted by atomic mass is 10.0. The molecule has 0 saturated carbocycles. The fourth-order valence-corrected chi connectivity index (χ4v) is 2.75. The van der Waals surface area contributed by atoms with E-state index < -0.39 is 0 Å². The number of nitrogens with zero attached hydrogens (tertiary/aromatic N) is 1. The summed E-state index contributed by atoms with van der Waals surface area (Å²) in [5, 5.41) is 9.58. The summed E-state index contributed by atoms with van der Waals surface area (Å²) in [5.74, 6) is 0.412. The third kappa shape index (κ3) is 3.00. The summed E-state index contributed by atoms with van der Waals surface area (Å²) in [6, 6.07) is 5.98. The summed E-state index contributed by atoms with van der Waals surface area (Å²) in [6.45, 7) is 4.80. The monoisotopic (exact) mass is 298 g/mol. The van der Waals surface area contributed by atoms with Crippen LogP contribution >= 0.6 is 15.9 Å². The topological polar surface area (TPSA) is 49.5 Å². The molecule has 1 aromatic carbocycles. The van der Waals surface area contributed by atoms with E-state index in [4.69, 9.17) is 5.73 Å². The van der Waals surface area contributed by atoms with Gasteiger partial charge in [0.2, 0.25) is 0 Å². The zero-order valence-electron chi connectivity index (χ0n) is 10.1. The number of aliphatic hydroxyl groups excluding tert-OH is 1. The molecule has 0 spiro atoms. The molecule has 1 aromatic rings. The van der Waals surface area contributed by atoms with Crippen LogP contribution in [0.1, 0.15) is 18.9 Å². The first kappa shape index (κ1) is 12.9. The highest BCUT2D eigenvalue weighted by Crippen LogP contribution is 2.27. The Morgan fingerprint density at radius 2 is 2.35 bits per heavy atom. The van der Waals surface area contributed by atoms with Gasteiger partial charge in [-0.25, -0.2) is 0 Å². The second kappa shape index (κ2) is 5.38. The SMILES string of the molecule is CC(O)C1CCN(Cc2cccc(N)c2Br)C1. The highest BCUT2D eigenvalue weighted by Gasteiger charge is 2.26. The van der Waals surface area contributed by atoms with Crippen molar-refractivity contribution < 1.29 is 5.11 Å². The van der Waals surface area contributed by atoms with Gasteiger partial charge in [0, 0.05) is 23.2 Å². The number of nitrogens with two attached hydrogens (primary N) is 1. The standard InChI is InChI=1S/C13H19BrN2O/c1-9(17)10-5-6-16(7-10)8-11-3-2-4-12(15)13(11)14/h2-4,9-10,17H,5-8,15H2,1H3. The molecule has 1 aliphatic heterocycles. The van der Waals surface area contributed by atoms with E-state index in [1.807, 2.05) is 19.1 Å². The maximum Gasteiger partial charge on any atom is 0.0552 e. The van der Waals surface area contributed by atoms with Crippen molar-refractivity contribution in [1.29, 1.82) is 0 Å². The Kier molecular flexibility index (Phi) is 4.07. The number of benzene rings is 1. The summed E-state index contributed by atoms with van der Waals surface area (Å²) in [6.07, 6.45) is 0.877. The molecule has 1 aliphatic rings. The molecule has 0 aromatic heterocycles. The molecule has 1 heterocycles. The molecule has 3 nitrogen and oxygen atoms in total. The molecular formula is C13H19BrN2O. The van der Waals surface area contributed by atoms with Gasteiger partial charge in [-0.05, 0) is 53.4 Å². The van der Waals surface area contributed by atoms with Gasteiger partial charge in [-0.3, -0.25) is 4.90 Å². The van der Waals surface area contributed by atoms with Crippen LogP contribution in [0.5, 0.6) is 0 Å². The van der Waals surface area contributed by atoms with E-state index in [9.17, 15) is 5.11 Å². The number of aliphatic hydroxyl groups is 1. The Hall–Kier alpha value is -0.580. The fraction of sp³-hybridized carbons (Fsp3) is 0.538. The first-order valence-electron chi connectivity index (χ1n) is 6.01. The van der Waals surface area contributed by atoms with Crippen LogP contribution in [0.15, 0.2) is 22.7 Å². The maximum atomic E-state index is 9.58. The Balaban J connectivity index is 2.00. The molecule has 0 aliphatic carbocycles. The van der Waals surface area contributed by atoms with Gasteiger partial charge in [-0.15, -0.1) is 0 Å². The summed E-state index contributed by atoms with van der Waals surface area (Å²) < 4.78 is 1.00. The predicted molar refractivity (Wildman–Crippen MR) is 73.6 cm³/mol. The normalized spacial score (nSPS) is 22.9. The molecule has 94 valence electrons. The average molecular weight is 299 g/mol. The summed E-state index contributed by atoms with van der Waals surface area (Å²) in [7, 11) is 0. The lowest BCUT2D eigenvalue weighted by Crippen LogP contribution is -2.24. The highest BCUT2D eigenvalue weighted by molar-refractivity contribution is 9.10. The quantitative estimate of drug-likeness (QED) is 0.842. The Bertz CT molecular complexity index is 395. The van der Waals surface area contributed by atoms with Crippen molar-refractivity contribution in [1.82, 2.24) is 4.90 Å². The van der Waals surface area contributed by atoms with E-state index in [1.165, 1.54) is 5.56 Å². The van der Waals surface area contributed by atoms with Crippen LogP contribution in [0.2, 0.25) is 0 Å². The molecule has 3 N–H and O–H groups in total. The van der Waals surface area contributed by atoms with Crippen LogP contribution in [0.25, 0.3) is 0 Å². The number of hydrogen-bond acceptors (Lipinski definition) is 3. The van der Waals surface area contributed by atoms with Crippen LogP contribution in [0.3, 0.4) is 0 Å². The first-order chi connectivity index (χ1) is 8.08. The number of halogens is 1. The number of hydrogen-bond donors (Lipinski definition) is 2. The van der Waals surface area contributed by atoms with Gasteiger partial charge in [0.05, 0.1) is 6.10 Å². The van der Waals surface area contributed by atoms with E-state index in [0.717, 1.165) is 36.2 Å². The summed E-state index contributed by atoms with van der Waals surface area (Å²) >= 11 is 3.53.